The average Bonchev–Trinajstić information content (AvgIpc) is 2.54. The standard InChI is InChI=1S/C13H19ClN2O3S/c1-13(2)4-3-6-16(7-5-13)20(18,19)10-8-11(14)12(17)15-9-10/h8-9H,3-7H2,1-2H3,(H,15,17). The van der Waals surface area contributed by atoms with E-state index in [1.807, 2.05) is 0 Å². The van der Waals surface area contributed by atoms with E-state index in [2.05, 4.69) is 18.8 Å². The molecule has 0 atom stereocenters. The maximum absolute atomic E-state index is 12.6. The highest BCUT2D eigenvalue weighted by molar-refractivity contribution is 7.89. The van der Waals surface area contributed by atoms with Gasteiger partial charge in [0.1, 0.15) is 5.02 Å². The van der Waals surface area contributed by atoms with Crippen LogP contribution in [0.3, 0.4) is 0 Å². The van der Waals surface area contributed by atoms with Crippen LogP contribution >= 0.6 is 11.6 Å². The summed E-state index contributed by atoms with van der Waals surface area (Å²) in [6.07, 6.45) is 3.87. The van der Waals surface area contributed by atoms with Crippen LogP contribution in [0.25, 0.3) is 0 Å². The number of halogens is 1. The molecule has 0 spiro atoms. The molecule has 0 aliphatic carbocycles. The number of H-pyrrole nitrogens is 1. The molecule has 1 aromatic heterocycles. The van der Waals surface area contributed by atoms with Crippen molar-refractivity contribution in [2.45, 2.75) is 38.0 Å². The molecule has 1 fully saturated rings. The molecule has 2 heterocycles. The average molecular weight is 319 g/mol. The monoisotopic (exact) mass is 318 g/mol. The van der Waals surface area contributed by atoms with Crippen LogP contribution in [0.5, 0.6) is 0 Å². The molecular weight excluding hydrogens is 300 g/mol. The molecule has 1 saturated heterocycles. The molecule has 2 rings (SSSR count). The second-order valence-electron chi connectivity index (χ2n) is 5.93. The summed E-state index contributed by atoms with van der Waals surface area (Å²) in [6, 6.07) is 1.21. The summed E-state index contributed by atoms with van der Waals surface area (Å²) in [5, 5.41) is -0.110. The van der Waals surface area contributed by atoms with Crippen LogP contribution in [0, 0.1) is 5.41 Å². The van der Waals surface area contributed by atoms with Crippen molar-refractivity contribution < 1.29 is 8.42 Å². The van der Waals surface area contributed by atoms with Crippen molar-refractivity contribution in [3.63, 3.8) is 0 Å². The van der Waals surface area contributed by atoms with Gasteiger partial charge in [-0.3, -0.25) is 4.79 Å². The van der Waals surface area contributed by atoms with Gasteiger partial charge >= 0.3 is 0 Å². The lowest BCUT2D eigenvalue weighted by Gasteiger charge is -2.23. The van der Waals surface area contributed by atoms with E-state index in [9.17, 15) is 13.2 Å². The van der Waals surface area contributed by atoms with Crippen molar-refractivity contribution in [1.82, 2.24) is 9.29 Å². The van der Waals surface area contributed by atoms with E-state index in [4.69, 9.17) is 11.6 Å². The first-order valence-corrected chi connectivity index (χ1v) is 8.43. The lowest BCUT2D eigenvalue weighted by atomic mass is 9.85. The number of hydrogen-bond donors (Lipinski definition) is 1. The second-order valence-corrected chi connectivity index (χ2v) is 8.28. The Morgan fingerprint density at radius 1 is 1.30 bits per heavy atom. The number of aromatic nitrogens is 1. The normalized spacial score (nSPS) is 20.6. The van der Waals surface area contributed by atoms with E-state index < -0.39 is 15.6 Å². The minimum absolute atomic E-state index is 0.0433. The third kappa shape index (κ3) is 3.24. The van der Waals surface area contributed by atoms with Crippen LogP contribution in [0.2, 0.25) is 5.02 Å². The Bertz CT molecular complexity index is 652. The van der Waals surface area contributed by atoms with Crippen LogP contribution in [0.15, 0.2) is 22.0 Å². The molecule has 0 bridgehead atoms. The van der Waals surface area contributed by atoms with E-state index in [0.717, 1.165) is 19.3 Å². The summed E-state index contributed by atoms with van der Waals surface area (Å²) in [7, 11) is -3.60. The fourth-order valence-corrected chi connectivity index (χ4v) is 4.08. The molecule has 20 heavy (non-hydrogen) atoms. The van der Waals surface area contributed by atoms with Gasteiger partial charge < -0.3 is 4.98 Å². The number of rotatable bonds is 2. The van der Waals surface area contributed by atoms with E-state index >= 15 is 0 Å². The summed E-state index contributed by atoms with van der Waals surface area (Å²) < 4.78 is 26.6. The minimum atomic E-state index is -3.60. The van der Waals surface area contributed by atoms with Gasteiger partial charge in [0.2, 0.25) is 10.0 Å². The Balaban J connectivity index is 2.30. The zero-order chi connectivity index (χ0) is 15.0. The summed E-state index contributed by atoms with van der Waals surface area (Å²) in [5.41, 5.74) is -0.324. The van der Waals surface area contributed by atoms with Gasteiger partial charge in [-0.05, 0) is 30.7 Å². The number of nitrogens with one attached hydrogen (secondary N) is 1. The van der Waals surface area contributed by atoms with E-state index in [1.54, 1.807) is 0 Å². The van der Waals surface area contributed by atoms with Gasteiger partial charge in [-0.15, -0.1) is 0 Å². The number of sulfonamides is 1. The Hall–Kier alpha value is -0.850. The van der Waals surface area contributed by atoms with Crippen LogP contribution in [0.1, 0.15) is 33.1 Å². The predicted molar refractivity (Wildman–Crippen MR) is 78.5 cm³/mol. The van der Waals surface area contributed by atoms with Gasteiger partial charge in [0.15, 0.2) is 0 Å². The zero-order valence-corrected chi connectivity index (χ0v) is 13.2. The first-order chi connectivity index (χ1) is 9.22. The van der Waals surface area contributed by atoms with Crippen molar-refractivity contribution in [3.8, 4) is 0 Å². The molecule has 7 heteroatoms. The Morgan fingerprint density at radius 2 is 2.00 bits per heavy atom. The van der Waals surface area contributed by atoms with Gasteiger partial charge in [0.25, 0.3) is 5.56 Å². The molecular formula is C13H19ClN2O3S. The van der Waals surface area contributed by atoms with Crippen molar-refractivity contribution in [2.75, 3.05) is 13.1 Å². The predicted octanol–water partition coefficient (Wildman–Crippen LogP) is 2.23. The first kappa shape index (κ1) is 15.5. The van der Waals surface area contributed by atoms with Crippen LogP contribution in [-0.2, 0) is 10.0 Å². The highest BCUT2D eigenvalue weighted by Crippen LogP contribution is 2.31. The Kier molecular flexibility index (Phi) is 4.27. The minimum Gasteiger partial charge on any atom is -0.326 e. The molecule has 5 nitrogen and oxygen atoms in total. The van der Waals surface area contributed by atoms with E-state index in [-0.39, 0.29) is 15.3 Å². The summed E-state index contributed by atoms with van der Waals surface area (Å²) in [6.45, 7) is 5.30. The number of hydrogen-bond acceptors (Lipinski definition) is 3. The topological polar surface area (TPSA) is 70.2 Å². The summed E-state index contributed by atoms with van der Waals surface area (Å²) in [4.78, 5) is 13.6. The maximum atomic E-state index is 12.6. The molecule has 0 radical (unpaired) electrons. The largest absolute Gasteiger partial charge is 0.326 e. The summed E-state index contributed by atoms with van der Waals surface area (Å²) >= 11 is 5.71. The molecule has 0 unspecified atom stereocenters. The fraction of sp³-hybridized carbons (Fsp3) is 0.615. The third-order valence-corrected chi connectivity index (χ3v) is 5.93. The highest BCUT2D eigenvalue weighted by Gasteiger charge is 2.30. The summed E-state index contributed by atoms with van der Waals surface area (Å²) in [5.74, 6) is 0. The Morgan fingerprint density at radius 3 is 2.65 bits per heavy atom. The Labute approximate surface area is 124 Å². The molecule has 1 N–H and O–H groups in total. The smallest absolute Gasteiger partial charge is 0.266 e. The number of nitrogens with zero attached hydrogens (tertiary/aromatic N) is 1. The van der Waals surface area contributed by atoms with Crippen molar-refractivity contribution in [3.05, 3.63) is 27.6 Å². The maximum Gasteiger partial charge on any atom is 0.266 e. The molecule has 1 aliphatic rings. The van der Waals surface area contributed by atoms with Crippen LogP contribution in [0.4, 0.5) is 0 Å². The molecule has 0 aromatic carbocycles. The first-order valence-electron chi connectivity index (χ1n) is 6.61. The van der Waals surface area contributed by atoms with Gasteiger partial charge in [-0.25, -0.2) is 8.42 Å². The molecule has 0 saturated carbocycles. The molecule has 0 amide bonds. The third-order valence-electron chi connectivity index (χ3n) is 3.77. The van der Waals surface area contributed by atoms with Gasteiger partial charge in [-0.1, -0.05) is 25.4 Å². The number of aromatic amines is 1. The SMILES string of the molecule is CC1(C)CCCN(S(=O)(=O)c2c[nH]c(=O)c(Cl)c2)CC1. The van der Waals surface area contributed by atoms with Crippen LogP contribution < -0.4 is 5.56 Å². The number of pyridine rings is 1. The fourth-order valence-electron chi connectivity index (χ4n) is 2.37. The molecule has 1 aliphatic heterocycles. The van der Waals surface area contributed by atoms with E-state index in [1.165, 1.54) is 16.6 Å². The van der Waals surface area contributed by atoms with Gasteiger partial charge in [-0.2, -0.15) is 4.31 Å². The zero-order valence-electron chi connectivity index (χ0n) is 11.6. The van der Waals surface area contributed by atoms with Crippen molar-refractivity contribution in [2.24, 2.45) is 5.41 Å². The lowest BCUT2D eigenvalue weighted by molar-refractivity contribution is 0.315. The second kappa shape index (κ2) is 5.50. The molecule has 1 aromatic rings. The van der Waals surface area contributed by atoms with E-state index in [0.29, 0.717) is 13.1 Å². The van der Waals surface area contributed by atoms with Gasteiger partial charge in [0.05, 0.1) is 4.90 Å². The highest BCUT2D eigenvalue weighted by atomic mass is 35.5. The lowest BCUT2D eigenvalue weighted by Crippen LogP contribution is -2.32. The van der Waals surface area contributed by atoms with Crippen LogP contribution in [-0.4, -0.2) is 30.8 Å². The van der Waals surface area contributed by atoms with Crippen molar-refractivity contribution >= 4 is 21.6 Å². The van der Waals surface area contributed by atoms with Gasteiger partial charge in [0, 0.05) is 19.3 Å². The molecule has 112 valence electrons. The quantitative estimate of drug-likeness (QED) is 0.909. The van der Waals surface area contributed by atoms with Crippen molar-refractivity contribution in [1.29, 1.82) is 0 Å².